The van der Waals surface area contributed by atoms with Gasteiger partial charge < -0.3 is 23.8 Å². The second-order valence-electron chi connectivity index (χ2n) is 8.07. The van der Waals surface area contributed by atoms with Crippen molar-refractivity contribution in [2.24, 2.45) is 0 Å². The monoisotopic (exact) mass is 461 g/mol. The van der Waals surface area contributed by atoms with Crippen molar-refractivity contribution in [3.05, 3.63) is 78.5 Å². The first-order valence-corrected chi connectivity index (χ1v) is 11.8. The van der Waals surface area contributed by atoms with Crippen LogP contribution in [-0.2, 0) is 13.0 Å². The van der Waals surface area contributed by atoms with Gasteiger partial charge in [0.15, 0.2) is 17.3 Å². The highest BCUT2D eigenvalue weighted by molar-refractivity contribution is 5.91. The standard InChI is InChI=1S/C27H31N3O4/c1-32-23-13-6-7-14-24(23)33-20-10-18-30-22-12-5-4-11-21(22)29-26(30)16-3-2-8-17-28-27(31)25-15-9-19-34-25/h4-7,9,11-15,19H,2-3,8,10,16-18,20H2,1H3,(H,28,31). The molecule has 4 aromatic rings. The highest BCUT2D eigenvalue weighted by Gasteiger charge is 2.11. The minimum absolute atomic E-state index is 0.165. The third-order valence-corrected chi connectivity index (χ3v) is 5.69. The van der Waals surface area contributed by atoms with Crippen molar-refractivity contribution < 1.29 is 18.7 Å². The second kappa shape index (κ2) is 11.9. The van der Waals surface area contributed by atoms with Gasteiger partial charge in [0.25, 0.3) is 5.91 Å². The number of aromatic nitrogens is 2. The second-order valence-corrected chi connectivity index (χ2v) is 8.07. The number of hydrogen-bond acceptors (Lipinski definition) is 5. The summed E-state index contributed by atoms with van der Waals surface area (Å²) in [6, 6.07) is 19.3. The quantitative estimate of drug-likeness (QED) is 0.275. The zero-order valence-corrected chi connectivity index (χ0v) is 19.5. The lowest BCUT2D eigenvalue weighted by atomic mass is 10.2. The topological polar surface area (TPSA) is 78.5 Å². The van der Waals surface area contributed by atoms with Crippen LogP contribution in [0.25, 0.3) is 11.0 Å². The minimum atomic E-state index is -0.165. The van der Waals surface area contributed by atoms with Gasteiger partial charge >= 0.3 is 0 Å². The maximum Gasteiger partial charge on any atom is 0.286 e. The average Bonchev–Trinajstić information content (AvgIpc) is 3.53. The van der Waals surface area contributed by atoms with Crippen LogP contribution in [0.4, 0.5) is 0 Å². The Balaban J connectivity index is 1.26. The fourth-order valence-electron chi connectivity index (χ4n) is 3.99. The van der Waals surface area contributed by atoms with Gasteiger partial charge in [-0.05, 0) is 55.7 Å². The Hall–Kier alpha value is -3.74. The van der Waals surface area contributed by atoms with Crippen molar-refractivity contribution >= 4 is 16.9 Å². The van der Waals surface area contributed by atoms with Crippen LogP contribution in [0.1, 0.15) is 42.1 Å². The summed E-state index contributed by atoms with van der Waals surface area (Å²) in [5.74, 6) is 2.79. The van der Waals surface area contributed by atoms with Gasteiger partial charge in [0.05, 0.1) is 31.0 Å². The van der Waals surface area contributed by atoms with Crippen molar-refractivity contribution in [1.29, 1.82) is 0 Å². The van der Waals surface area contributed by atoms with Crippen LogP contribution >= 0.6 is 0 Å². The summed E-state index contributed by atoms with van der Waals surface area (Å²) in [7, 11) is 1.65. The predicted octanol–water partition coefficient (Wildman–Crippen LogP) is 5.25. The van der Waals surface area contributed by atoms with E-state index in [0.29, 0.717) is 18.9 Å². The summed E-state index contributed by atoms with van der Waals surface area (Å²) >= 11 is 0. The molecule has 7 heteroatoms. The van der Waals surface area contributed by atoms with E-state index < -0.39 is 0 Å². The Labute approximate surface area is 199 Å². The molecule has 2 aromatic heterocycles. The molecule has 2 heterocycles. The molecule has 0 radical (unpaired) electrons. The molecule has 0 aliphatic rings. The highest BCUT2D eigenvalue weighted by Crippen LogP contribution is 2.26. The van der Waals surface area contributed by atoms with E-state index in [-0.39, 0.29) is 5.91 Å². The third-order valence-electron chi connectivity index (χ3n) is 5.69. The van der Waals surface area contributed by atoms with Crippen LogP contribution in [0.2, 0.25) is 0 Å². The fraction of sp³-hybridized carbons (Fsp3) is 0.333. The van der Waals surface area contributed by atoms with Crippen molar-refractivity contribution in [2.45, 2.75) is 38.6 Å². The molecule has 178 valence electrons. The average molecular weight is 462 g/mol. The number of imidazole rings is 1. The summed E-state index contributed by atoms with van der Waals surface area (Å²) in [6.07, 6.45) is 6.21. The molecule has 0 unspecified atom stereocenters. The van der Waals surface area contributed by atoms with E-state index in [4.69, 9.17) is 18.9 Å². The van der Waals surface area contributed by atoms with Crippen molar-refractivity contribution in [2.75, 3.05) is 20.3 Å². The van der Waals surface area contributed by atoms with E-state index in [1.807, 2.05) is 30.3 Å². The van der Waals surface area contributed by atoms with Crippen molar-refractivity contribution in [3.63, 3.8) is 0 Å². The molecular formula is C27H31N3O4. The van der Waals surface area contributed by atoms with Crippen LogP contribution in [0.5, 0.6) is 11.5 Å². The molecule has 1 amide bonds. The molecule has 0 saturated carbocycles. The summed E-state index contributed by atoms with van der Waals surface area (Å²) < 4.78 is 18.7. The smallest absolute Gasteiger partial charge is 0.286 e. The molecule has 2 aromatic carbocycles. The first kappa shape index (κ1) is 23.4. The first-order chi connectivity index (χ1) is 16.8. The normalized spacial score (nSPS) is 11.0. The van der Waals surface area contributed by atoms with Crippen LogP contribution < -0.4 is 14.8 Å². The Morgan fingerprint density at radius 2 is 1.79 bits per heavy atom. The number of nitrogens with one attached hydrogen (secondary N) is 1. The number of para-hydroxylation sites is 4. The van der Waals surface area contributed by atoms with Crippen LogP contribution in [0.3, 0.4) is 0 Å². The lowest BCUT2D eigenvalue weighted by Crippen LogP contribution is -2.23. The van der Waals surface area contributed by atoms with Gasteiger partial charge in [-0.15, -0.1) is 0 Å². The molecule has 34 heavy (non-hydrogen) atoms. The molecular weight excluding hydrogens is 430 g/mol. The lowest BCUT2D eigenvalue weighted by Gasteiger charge is -2.12. The van der Waals surface area contributed by atoms with E-state index in [1.54, 1.807) is 19.2 Å². The highest BCUT2D eigenvalue weighted by atomic mass is 16.5. The van der Waals surface area contributed by atoms with Crippen LogP contribution in [0, 0.1) is 0 Å². The number of aryl methyl sites for hydroxylation is 2. The molecule has 0 spiro atoms. The van der Waals surface area contributed by atoms with E-state index >= 15 is 0 Å². The Morgan fingerprint density at radius 1 is 0.971 bits per heavy atom. The number of carbonyl (C=O) groups excluding carboxylic acids is 1. The fourth-order valence-corrected chi connectivity index (χ4v) is 3.99. The zero-order chi connectivity index (χ0) is 23.6. The van der Waals surface area contributed by atoms with E-state index in [1.165, 1.54) is 6.26 Å². The van der Waals surface area contributed by atoms with Crippen molar-refractivity contribution in [3.8, 4) is 11.5 Å². The number of ether oxygens (including phenoxy) is 2. The van der Waals surface area contributed by atoms with Gasteiger partial charge in [-0.2, -0.15) is 0 Å². The maximum atomic E-state index is 11.9. The molecule has 1 N–H and O–H groups in total. The Kier molecular flexibility index (Phi) is 8.22. The number of nitrogens with zero attached hydrogens (tertiary/aromatic N) is 2. The summed E-state index contributed by atoms with van der Waals surface area (Å²) in [6.45, 7) is 2.07. The predicted molar refractivity (Wildman–Crippen MR) is 131 cm³/mol. The molecule has 0 bridgehead atoms. The molecule has 0 fully saturated rings. The maximum absolute atomic E-state index is 11.9. The number of benzene rings is 2. The van der Waals surface area contributed by atoms with Gasteiger partial charge in [0.2, 0.25) is 0 Å². The summed E-state index contributed by atoms with van der Waals surface area (Å²) in [5, 5.41) is 2.90. The molecule has 4 rings (SSSR count). The number of rotatable bonds is 13. The number of carbonyl (C=O) groups is 1. The lowest BCUT2D eigenvalue weighted by molar-refractivity contribution is 0.0925. The van der Waals surface area contributed by atoms with E-state index in [2.05, 4.69) is 28.1 Å². The van der Waals surface area contributed by atoms with Gasteiger partial charge in [-0.1, -0.05) is 30.7 Å². The number of fused-ring (bicyclic) bond motifs is 1. The molecule has 0 aliphatic heterocycles. The number of amides is 1. The van der Waals surface area contributed by atoms with Gasteiger partial charge in [-0.3, -0.25) is 4.79 Å². The SMILES string of the molecule is COc1ccccc1OCCCn1c(CCCCCNC(=O)c2ccco2)nc2ccccc21. The van der Waals surface area contributed by atoms with Gasteiger partial charge in [0.1, 0.15) is 5.82 Å². The molecule has 0 aliphatic carbocycles. The molecule has 7 nitrogen and oxygen atoms in total. The number of methoxy groups -OCH3 is 1. The Bertz CT molecular complexity index is 1180. The Morgan fingerprint density at radius 3 is 2.62 bits per heavy atom. The van der Waals surface area contributed by atoms with Crippen LogP contribution in [0.15, 0.2) is 71.3 Å². The zero-order valence-electron chi connectivity index (χ0n) is 19.5. The number of furan rings is 1. The number of hydrogen-bond donors (Lipinski definition) is 1. The van der Waals surface area contributed by atoms with Gasteiger partial charge in [-0.25, -0.2) is 4.98 Å². The van der Waals surface area contributed by atoms with E-state index in [9.17, 15) is 4.79 Å². The number of unbranched alkanes of at least 4 members (excludes halogenated alkanes) is 2. The van der Waals surface area contributed by atoms with Crippen LogP contribution in [-0.4, -0.2) is 35.7 Å². The third kappa shape index (κ3) is 5.98. The first-order valence-electron chi connectivity index (χ1n) is 11.8. The minimum Gasteiger partial charge on any atom is -0.493 e. The van der Waals surface area contributed by atoms with Gasteiger partial charge in [0, 0.05) is 19.5 Å². The summed E-state index contributed by atoms with van der Waals surface area (Å²) in [4.78, 5) is 16.8. The van der Waals surface area contributed by atoms with Crippen molar-refractivity contribution in [1.82, 2.24) is 14.9 Å². The van der Waals surface area contributed by atoms with E-state index in [0.717, 1.165) is 67.0 Å². The largest absolute Gasteiger partial charge is 0.493 e. The molecule has 0 saturated heterocycles. The summed E-state index contributed by atoms with van der Waals surface area (Å²) in [5.41, 5.74) is 2.18. The molecule has 0 atom stereocenters.